The van der Waals surface area contributed by atoms with Crippen molar-refractivity contribution in [2.75, 3.05) is 5.32 Å². The number of fused-ring (bicyclic) bond motifs is 1. The third-order valence-electron chi connectivity index (χ3n) is 2.68. The molecule has 0 amide bonds. The number of aryl methyl sites for hydroxylation is 1. The molecule has 0 saturated heterocycles. The lowest BCUT2D eigenvalue weighted by molar-refractivity contribution is 0.808. The van der Waals surface area contributed by atoms with E-state index < -0.39 is 0 Å². The molecule has 6 nitrogen and oxygen atoms in total. The average molecular weight is 308 g/mol. The van der Waals surface area contributed by atoms with Crippen LogP contribution >= 0.6 is 22.9 Å². The van der Waals surface area contributed by atoms with Crippen molar-refractivity contribution < 1.29 is 0 Å². The molecule has 0 bridgehead atoms. The Balaban J connectivity index is 1.83. The second-order valence-corrected chi connectivity index (χ2v) is 5.62. The first-order valence-electron chi connectivity index (χ1n) is 5.85. The van der Waals surface area contributed by atoms with Crippen LogP contribution in [-0.4, -0.2) is 19.8 Å². The van der Waals surface area contributed by atoms with Crippen molar-refractivity contribution >= 4 is 33.6 Å². The normalized spacial score (nSPS) is 10.9. The number of benzene rings is 1. The molecule has 0 aliphatic rings. The molecular weight excluding hydrogens is 298 g/mol. The average Bonchev–Trinajstić information content (AvgIpc) is 2.86. The number of rotatable bonds is 3. The Hall–Kier alpha value is -1.99. The Bertz CT molecular complexity index is 811. The highest BCUT2D eigenvalue weighted by Gasteiger charge is 2.09. The molecular formula is C12H10ClN5OS. The summed E-state index contributed by atoms with van der Waals surface area (Å²) in [6.45, 7) is 2.13. The molecule has 102 valence electrons. The van der Waals surface area contributed by atoms with Crippen molar-refractivity contribution in [1.29, 1.82) is 0 Å². The van der Waals surface area contributed by atoms with Crippen molar-refractivity contribution in [2.24, 2.45) is 0 Å². The third-order valence-corrected chi connectivity index (χ3v) is 3.83. The molecule has 0 aliphatic carbocycles. The maximum Gasteiger partial charge on any atom is 0.296 e. The first kappa shape index (κ1) is 13.0. The number of nitrogens with one attached hydrogen (secondary N) is 1. The third kappa shape index (κ3) is 2.50. The summed E-state index contributed by atoms with van der Waals surface area (Å²) >= 11 is 7.16. The van der Waals surface area contributed by atoms with Gasteiger partial charge in [-0.25, -0.2) is 0 Å². The predicted octanol–water partition coefficient (Wildman–Crippen LogP) is 2.12. The summed E-state index contributed by atoms with van der Waals surface area (Å²) in [4.78, 5) is 12.3. The molecule has 0 unspecified atom stereocenters. The highest BCUT2D eigenvalue weighted by atomic mass is 35.5. The zero-order valence-electron chi connectivity index (χ0n) is 10.5. The molecule has 0 atom stereocenters. The molecule has 0 saturated carbocycles. The number of hydrogen-bond acceptors (Lipinski definition) is 6. The highest BCUT2D eigenvalue weighted by Crippen LogP contribution is 2.16. The number of aromatic nitrogens is 4. The summed E-state index contributed by atoms with van der Waals surface area (Å²) in [7, 11) is 0. The van der Waals surface area contributed by atoms with Gasteiger partial charge in [0.1, 0.15) is 10.7 Å². The van der Waals surface area contributed by atoms with Crippen LogP contribution in [0, 0.1) is 6.92 Å². The fourth-order valence-electron chi connectivity index (χ4n) is 1.65. The van der Waals surface area contributed by atoms with Crippen LogP contribution in [0.5, 0.6) is 0 Å². The van der Waals surface area contributed by atoms with E-state index in [9.17, 15) is 4.79 Å². The molecule has 3 aromatic rings. The quantitative estimate of drug-likeness (QED) is 0.802. The Kier molecular flexibility index (Phi) is 3.37. The molecule has 2 heterocycles. The van der Waals surface area contributed by atoms with Crippen LogP contribution in [-0.2, 0) is 6.54 Å². The van der Waals surface area contributed by atoms with Gasteiger partial charge in [-0.1, -0.05) is 22.9 Å². The van der Waals surface area contributed by atoms with Gasteiger partial charge in [0.2, 0.25) is 4.96 Å². The van der Waals surface area contributed by atoms with E-state index >= 15 is 0 Å². The number of nitrogens with zero attached hydrogens (tertiary/aromatic N) is 4. The largest absolute Gasteiger partial charge is 0.378 e. The van der Waals surface area contributed by atoms with E-state index in [1.807, 2.05) is 24.3 Å². The van der Waals surface area contributed by atoms with Gasteiger partial charge in [-0.3, -0.25) is 4.79 Å². The van der Waals surface area contributed by atoms with Gasteiger partial charge in [-0.05, 0) is 31.2 Å². The van der Waals surface area contributed by atoms with Gasteiger partial charge in [0, 0.05) is 10.7 Å². The van der Waals surface area contributed by atoms with E-state index in [0.717, 1.165) is 10.7 Å². The molecule has 0 fully saturated rings. The second-order valence-electron chi connectivity index (χ2n) is 4.14. The van der Waals surface area contributed by atoms with E-state index in [1.54, 1.807) is 6.92 Å². The molecule has 1 N–H and O–H groups in total. The van der Waals surface area contributed by atoms with Gasteiger partial charge < -0.3 is 5.32 Å². The summed E-state index contributed by atoms with van der Waals surface area (Å²) in [5.74, 6) is 0. The zero-order chi connectivity index (χ0) is 14.1. The van der Waals surface area contributed by atoms with Crippen molar-refractivity contribution in [3.63, 3.8) is 0 Å². The minimum atomic E-state index is -0.232. The molecule has 8 heteroatoms. The van der Waals surface area contributed by atoms with Crippen LogP contribution in [0.15, 0.2) is 29.1 Å². The van der Waals surface area contributed by atoms with Crippen LogP contribution in [0.1, 0.15) is 10.7 Å². The fraction of sp³-hybridized carbons (Fsp3) is 0.167. The Morgan fingerprint density at radius 2 is 2.05 bits per heavy atom. The van der Waals surface area contributed by atoms with Gasteiger partial charge >= 0.3 is 0 Å². The van der Waals surface area contributed by atoms with E-state index in [0.29, 0.717) is 22.2 Å². The molecule has 0 radical (unpaired) electrons. The zero-order valence-corrected chi connectivity index (χ0v) is 12.1. The lowest BCUT2D eigenvalue weighted by Gasteiger charge is -2.02. The minimum absolute atomic E-state index is 0.232. The van der Waals surface area contributed by atoms with Gasteiger partial charge in [-0.15, -0.1) is 10.2 Å². The maximum absolute atomic E-state index is 11.8. The summed E-state index contributed by atoms with van der Waals surface area (Å²) in [6.07, 6.45) is 0. The van der Waals surface area contributed by atoms with Crippen LogP contribution < -0.4 is 10.9 Å². The summed E-state index contributed by atoms with van der Waals surface area (Å²) in [6, 6.07) is 7.38. The Morgan fingerprint density at radius 1 is 1.30 bits per heavy atom. The summed E-state index contributed by atoms with van der Waals surface area (Å²) < 4.78 is 1.28. The van der Waals surface area contributed by atoms with Crippen LogP contribution in [0.25, 0.3) is 4.96 Å². The van der Waals surface area contributed by atoms with Crippen molar-refractivity contribution in [3.8, 4) is 0 Å². The SMILES string of the molecule is Cc1nnc2sc(CNc3ccc(Cl)cc3)nn2c1=O. The topological polar surface area (TPSA) is 72.2 Å². The molecule has 3 rings (SSSR count). The molecule has 1 aromatic carbocycles. The number of anilines is 1. The molecule has 2 aromatic heterocycles. The van der Waals surface area contributed by atoms with Crippen LogP contribution in [0.4, 0.5) is 5.69 Å². The van der Waals surface area contributed by atoms with Crippen LogP contribution in [0.2, 0.25) is 5.02 Å². The van der Waals surface area contributed by atoms with Crippen molar-refractivity contribution in [3.05, 3.63) is 50.3 Å². The van der Waals surface area contributed by atoms with E-state index in [4.69, 9.17) is 11.6 Å². The van der Waals surface area contributed by atoms with Gasteiger partial charge in [-0.2, -0.15) is 9.61 Å². The van der Waals surface area contributed by atoms with Gasteiger partial charge in [0.15, 0.2) is 0 Å². The summed E-state index contributed by atoms with van der Waals surface area (Å²) in [5, 5.41) is 16.6. The fourth-order valence-corrected chi connectivity index (χ4v) is 2.54. The number of hydrogen-bond donors (Lipinski definition) is 1. The smallest absolute Gasteiger partial charge is 0.296 e. The number of halogens is 1. The van der Waals surface area contributed by atoms with E-state index in [1.165, 1.54) is 15.9 Å². The van der Waals surface area contributed by atoms with Gasteiger partial charge in [0.25, 0.3) is 5.56 Å². The second kappa shape index (κ2) is 5.18. The van der Waals surface area contributed by atoms with Crippen molar-refractivity contribution in [1.82, 2.24) is 19.8 Å². The monoisotopic (exact) mass is 307 g/mol. The Morgan fingerprint density at radius 3 is 2.80 bits per heavy atom. The maximum atomic E-state index is 11.8. The molecule has 0 spiro atoms. The molecule has 0 aliphatic heterocycles. The van der Waals surface area contributed by atoms with E-state index in [2.05, 4.69) is 20.6 Å². The van der Waals surface area contributed by atoms with Gasteiger partial charge in [0.05, 0.1) is 6.54 Å². The first-order chi connectivity index (χ1) is 9.63. The standard InChI is InChI=1S/C12H10ClN5OS/c1-7-11(19)18-12(16-15-7)20-10(17-18)6-14-9-4-2-8(13)3-5-9/h2-5,14H,6H2,1H3. The highest BCUT2D eigenvalue weighted by molar-refractivity contribution is 7.16. The lowest BCUT2D eigenvalue weighted by Crippen LogP contribution is -2.19. The van der Waals surface area contributed by atoms with Crippen LogP contribution in [0.3, 0.4) is 0 Å². The molecule has 20 heavy (non-hydrogen) atoms. The summed E-state index contributed by atoms with van der Waals surface area (Å²) in [5.41, 5.74) is 1.04. The minimum Gasteiger partial charge on any atom is -0.378 e. The lowest BCUT2D eigenvalue weighted by atomic mass is 10.3. The Labute approximate surface area is 123 Å². The van der Waals surface area contributed by atoms with E-state index in [-0.39, 0.29) is 5.56 Å². The first-order valence-corrected chi connectivity index (χ1v) is 7.04. The predicted molar refractivity (Wildman–Crippen MR) is 78.4 cm³/mol. The van der Waals surface area contributed by atoms with Crippen molar-refractivity contribution in [2.45, 2.75) is 13.5 Å².